The van der Waals surface area contributed by atoms with E-state index in [-0.39, 0.29) is 30.8 Å². The van der Waals surface area contributed by atoms with Gasteiger partial charge in [-0.05, 0) is 63.6 Å². The number of carbonyl (C=O) groups excluding carboxylic acids is 3. The van der Waals surface area contributed by atoms with E-state index in [9.17, 15) is 14.4 Å². The van der Waals surface area contributed by atoms with E-state index in [1.165, 1.54) is 4.90 Å². The van der Waals surface area contributed by atoms with Gasteiger partial charge in [-0.25, -0.2) is 0 Å². The number of hydrogen-bond acceptors (Lipinski definition) is 6. The lowest BCUT2D eigenvalue weighted by Crippen LogP contribution is -2.50. The predicted octanol–water partition coefficient (Wildman–Crippen LogP) is 6.53. The van der Waals surface area contributed by atoms with Crippen molar-refractivity contribution < 1.29 is 19.1 Å². The Morgan fingerprint density at radius 3 is 1.54 bits per heavy atom. The summed E-state index contributed by atoms with van der Waals surface area (Å²) in [6.07, 6.45) is 0. The largest absolute Gasteiger partial charge is 0.456 e. The van der Waals surface area contributed by atoms with E-state index in [0.29, 0.717) is 28.2 Å². The Morgan fingerprint density at radius 1 is 0.565 bits per heavy atom. The lowest BCUT2D eigenvalue weighted by molar-refractivity contribution is 0.0545. The summed E-state index contributed by atoms with van der Waals surface area (Å²) < 4.78 is 6.77. The Kier molecular flexibility index (Phi) is 7.31. The van der Waals surface area contributed by atoms with Crippen LogP contribution in [-0.2, 0) is 5.54 Å². The summed E-state index contributed by atoms with van der Waals surface area (Å²) in [5.74, 6) is 0.554. The van der Waals surface area contributed by atoms with Gasteiger partial charge in [0.1, 0.15) is 17.0 Å². The van der Waals surface area contributed by atoms with E-state index in [1.807, 2.05) is 29.2 Å². The smallest absolute Gasteiger partial charge is 0.261 e. The molecule has 8 heteroatoms. The molecular formula is C38H38N4O4. The maximum atomic E-state index is 14.5. The van der Waals surface area contributed by atoms with Crippen molar-refractivity contribution in [2.45, 2.75) is 33.2 Å². The molecule has 1 spiro atoms. The fourth-order valence-corrected chi connectivity index (χ4v) is 7.54. The number of rotatable bonds is 9. The van der Waals surface area contributed by atoms with Crippen LogP contribution < -0.4 is 14.5 Å². The minimum absolute atomic E-state index is 0.0639. The van der Waals surface area contributed by atoms with Crippen LogP contribution in [0.4, 0.5) is 11.4 Å². The minimum Gasteiger partial charge on any atom is -0.456 e. The van der Waals surface area contributed by atoms with Gasteiger partial charge < -0.3 is 19.4 Å². The van der Waals surface area contributed by atoms with Crippen molar-refractivity contribution in [1.29, 1.82) is 0 Å². The average molecular weight is 615 g/mol. The second kappa shape index (κ2) is 11.4. The summed E-state index contributed by atoms with van der Waals surface area (Å²) in [5.41, 5.74) is 5.01. The van der Waals surface area contributed by atoms with Gasteiger partial charge in [-0.2, -0.15) is 0 Å². The van der Waals surface area contributed by atoms with Crippen LogP contribution in [0.2, 0.25) is 0 Å². The van der Waals surface area contributed by atoms with Crippen LogP contribution in [0.5, 0.6) is 11.5 Å². The van der Waals surface area contributed by atoms with Crippen LogP contribution in [0.15, 0.2) is 84.9 Å². The molecule has 234 valence electrons. The molecule has 0 aliphatic carbocycles. The highest BCUT2D eigenvalue weighted by molar-refractivity contribution is 6.21. The van der Waals surface area contributed by atoms with Gasteiger partial charge in [0.05, 0.1) is 11.1 Å². The van der Waals surface area contributed by atoms with Gasteiger partial charge in [-0.15, -0.1) is 0 Å². The molecule has 0 bridgehead atoms. The summed E-state index contributed by atoms with van der Waals surface area (Å²) in [6.45, 7) is 12.1. The molecule has 3 amide bonds. The van der Waals surface area contributed by atoms with Gasteiger partial charge in [0.25, 0.3) is 17.7 Å². The van der Waals surface area contributed by atoms with Gasteiger partial charge in [-0.1, -0.05) is 42.5 Å². The predicted molar refractivity (Wildman–Crippen MR) is 179 cm³/mol. The average Bonchev–Trinajstić information content (AvgIpc) is 3.47. The van der Waals surface area contributed by atoms with Crippen molar-refractivity contribution in [3.05, 3.63) is 118 Å². The molecule has 3 heterocycles. The lowest BCUT2D eigenvalue weighted by Gasteiger charge is -2.45. The van der Waals surface area contributed by atoms with Crippen LogP contribution in [0, 0.1) is 0 Å². The zero-order valence-corrected chi connectivity index (χ0v) is 26.7. The molecule has 3 aliphatic rings. The number of benzene rings is 4. The molecule has 4 aromatic rings. The quantitative estimate of drug-likeness (QED) is 0.200. The summed E-state index contributed by atoms with van der Waals surface area (Å²) in [6, 6.07) is 27.1. The van der Waals surface area contributed by atoms with Gasteiger partial charge in [0.2, 0.25) is 0 Å². The molecule has 0 atom stereocenters. The topological polar surface area (TPSA) is 73.4 Å². The Bertz CT molecular complexity index is 1780. The number of carbonyl (C=O) groups is 3. The first-order chi connectivity index (χ1) is 22.4. The SMILES string of the molecule is CCN(CC)c1ccc2c(c1)Oc1cc(N(CC)CC)ccc1C21c2ccccc2C(=O)N1CCN1C(=O)c2ccccc2C1=O. The van der Waals surface area contributed by atoms with E-state index >= 15 is 0 Å². The number of amides is 3. The monoisotopic (exact) mass is 614 g/mol. The van der Waals surface area contributed by atoms with E-state index in [2.05, 4.69) is 73.9 Å². The zero-order valence-electron chi connectivity index (χ0n) is 26.7. The molecule has 3 aliphatic heterocycles. The summed E-state index contributed by atoms with van der Waals surface area (Å²) in [5, 5.41) is 0. The van der Waals surface area contributed by atoms with Gasteiger partial charge in [0, 0.05) is 79.5 Å². The fraction of sp³-hybridized carbons (Fsp3) is 0.289. The molecule has 0 aromatic heterocycles. The van der Waals surface area contributed by atoms with Crippen molar-refractivity contribution in [2.75, 3.05) is 49.1 Å². The molecular weight excluding hydrogens is 576 g/mol. The number of nitrogens with zero attached hydrogens (tertiary/aromatic N) is 4. The van der Waals surface area contributed by atoms with Crippen LogP contribution in [0.3, 0.4) is 0 Å². The number of fused-ring (bicyclic) bond motifs is 7. The van der Waals surface area contributed by atoms with Crippen LogP contribution in [-0.4, -0.2) is 66.8 Å². The third kappa shape index (κ3) is 4.16. The molecule has 0 saturated carbocycles. The number of anilines is 2. The van der Waals surface area contributed by atoms with E-state index in [1.54, 1.807) is 24.3 Å². The molecule has 0 radical (unpaired) electrons. The van der Waals surface area contributed by atoms with E-state index in [4.69, 9.17) is 4.74 Å². The van der Waals surface area contributed by atoms with Crippen LogP contribution in [0.1, 0.15) is 75.5 Å². The highest BCUT2D eigenvalue weighted by Crippen LogP contribution is 2.58. The van der Waals surface area contributed by atoms with Gasteiger partial charge in [-0.3, -0.25) is 19.3 Å². The van der Waals surface area contributed by atoms with E-state index < -0.39 is 5.54 Å². The first kappa shape index (κ1) is 29.6. The third-order valence-corrected chi connectivity index (χ3v) is 9.81. The Hall–Kier alpha value is -5.11. The Balaban J connectivity index is 1.41. The summed E-state index contributed by atoms with van der Waals surface area (Å²) in [4.78, 5) is 48.9. The highest BCUT2D eigenvalue weighted by Gasteiger charge is 2.56. The standard InChI is InChI=1S/C38H38N4O4/c1-5-39(6-2)25-17-19-31-33(23-25)46-34-24-26(40(7-3)8-4)18-20-32(34)38(31)30-16-12-11-15-29(30)37(45)42(38)22-21-41-35(43)27-13-9-10-14-28(27)36(41)44/h9-20,23-24H,5-8,21-22H2,1-4H3. The first-order valence-electron chi connectivity index (χ1n) is 16.2. The molecule has 0 saturated heterocycles. The second-order valence-corrected chi connectivity index (χ2v) is 11.8. The van der Waals surface area contributed by atoms with Crippen molar-refractivity contribution in [3.63, 3.8) is 0 Å². The molecule has 46 heavy (non-hydrogen) atoms. The fourth-order valence-electron chi connectivity index (χ4n) is 7.54. The minimum atomic E-state index is -1.03. The van der Waals surface area contributed by atoms with Crippen LogP contribution in [0.25, 0.3) is 0 Å². The van der Waals surface area contributed by atoms with Crippen molar-refractivity contribution >= 4 is 29.1 Å². The highest BCUT2D eigenvalue weighted by atomic mass is 16.5. The lowest BCUT2D eigenvalue weighted by atomic mass is 9.74. The first-order valence-corrected chi connectivity index (χ1v) is 16.2. The maximum absolute atomic E-state index is 14.5. The molecule has 7 rings (SSSR count). The summed E-state index contributed by atoms with van der Waals surface area (Å²) in [7, 11) is 0. The maximum Gasteiger partial charge on any atom is 0.261 e. The molecule has 0 unspecified atom stereocenters. The summed E-state index contributed by atoms with van der Waals surface area (Å²) >= 11 is 0. The molecule has 0 fully saturated rings. The molecule has 0 N–H and O–H groups in total. The second-order valence-electron chi connectivity index (χ2n) is 11.8. The third-order valence-electron chi connectivity index (χ3n) is 9.81. The number of ether oxygens (including phenoxy) is 1. The number of hydrogen-bond donors (Lipinski definition) is 0. The molecule has 4 aromatic carbocycles. The Morgan fingerprint density at radius 2 is 1.04 bits per heavy atom. The van der Waals surface area contributed by atoms with Gasteiger partial charge >= 0.3 is 0 Å². The molecule has 8 nitrogen and oxygen atoms in total. The van der Waals surface area contributed by atoms with Crippen molar-refractivity contribution in [2.24, 2.45) is 0 Å². The number of imide groups is 1. The zero-order chi connectivity index (χ0) is 32.2. The van der Waals surface area contributed by atoms with Crippen molar-refractivity contribution in [3.8, 4) is 11.5 Å². The van der Waals surface area contributed by atoms with Gasteiger partial charge in [0.15, 0.2) is 0 Å². The van der Waals surface area contributed by atoms with Crippen LogP contribution >= 0.6 is 0 Å². The van der Waals surface area contributed by atoms with E-state index in [0.717, 1.165) is 54.2 Å². The normalized spacial score (nSPS) is 15.4. The van der Waals surface area contributed by atoms with Crippen molar-refractivity contribution in [1.82, 2.24) is 9.80 Å². The Labute approximate surface area is 269 Å².